The quantitative estimate of drug-likeness (QED) is 0.778. The lowest BCUT2D eigenvalue weighted by Crippen LogP contribution is -2.50. The molecule has 1 saturated heterocycles. The van der Waals surface area contributed by atoms with Gasteiger partial charge in [0.25, 0.3) is 0 Å². The van der Waals surface area contributed by atoms with E-state index in [1.807, 2.05) is 19.0 Å². The van der Waals surface area contributed by atoms with Crippen LogP contribution in [0, 0.1) is 0 Å². The van der Waals surface area contributed by atoms with Crippen LogP contribution in [-0.4, -0.2) is 61.5 Å². The van der Waals surface area contributed by atoms with Gasteiger partial charge in [-0.1, -0.05) is 6.42 Å². The van der Waals surface area contributed by atoms with Gasteiger partial charge in [0, 0.05) is 25.7 Å². The molecule has 0 aromatic heterocycles. The monoisotopic (exact) mass is 241 g/mol. The number of hydrogen-bond donors (Lipinski definition) is 1. The lowest BCUT2D eigenvalue weighted by atomic mass is 10.0. The fraction of sp³-hybridized carbons (Fsp3) is 0.923. The zero-order valence-corrected chi connectivity index (χ0v) is 11.7. The molecule has 1 N–H and O–H groups in total. The first kappa shape index (κ1) is 14.5. The minimum absolute atomic E-state index is 0.239. The van der Waals surface area contributed by atoms with Gasteiger partial charge in [-0.2, -0.15) is 0 Å². The topological polar surface area (TPSA) is 35.6 Å². The Labute approximate surface area is 105 Å². The van der Waals surface area contributed by atoms with E-state index < -0.39 is 0 Å². The van der Waals surface area contributed by atoms with Crippen LogP contribution in [0.15, 0.2) is 0 Å². The smallest absolute Gasteiger partial charge is 0.236 e. The van der Waals surface area contributed by atoms with E-state index in [9.17, 15) is 4.79 Å². The average molecular weight is 241 g/mol. The SMILES string of the molecule is CNCC1CCCCN1CC(=O)N(C)C(C)C. The van der Waals surface area contributed by atoms with Crippen molar-refractivity contribution in [2.45, 2.75) is 45.2 Å². The summed E-state index contributed by atoms with van der Waals surface area (Å²) in [4.78, 5) is 16.2. The van der Waals surface area contributed by atoms with Crippen LogP contribution < -0.4 is 5.32 Å². The summed E-state index contributed by atoms with van der Waals surface area (Å²) in [5.41, 5.74) is 0. The number of likely N-dealkylation sites (tertiary alicyclic amines) is 1. The van der Waals surface area contributed by atoms with Crippen molar-refractivity contribution >= 4 is 5.91 Å². The van der Waals surface area contributed by atoms with Gasteiger partial charge in [-0.3, -0.25) is 9.69 Å². The predicted molar refractivity (Wildman–Crippen MR) is 71.0 cm³/mol. The van der Waals surface area contributed by atoms with E-state index >= 15 is 0 Å². The number of piperidine rings is 1. The Bertz CT molecular complexity index is 241. The van der Waals surface area contributed by atoms with E-state index in [0.717, 1.165) is 13.1 Å². The first-order valence-electron chi connectivity index (χ1n) is 6.70. The fourth-order valence-electron chi connectivity index (χ4n) is 2.31. The van der Waals surface area contributed by atoms with E-state index in [2.05, 4.69) is 24.1 Å². The number of rotatable bonds is 5. The van der Waals surface area contributed by atoms with Gasteiger partial charge in [-0.15, -0.1) is 0 Å². The van der Waals surface area contributed by atoms with Gasteiger partial charge >= 0.3 is 0 Å². The van der Waals surface area contributed by atoms with Crippen molar-refractivity contribution in [2.75, 3.05) is 33.7 Å². The van der Waals surface area contributed by atoms with Gasteiger partial charge in [0.05, 0.1) is 6.54 Å². The van der Waals surface area contributed by atoms with E-state index in [4.69, 9.17) is 0 Å². The Morgan fingerprint density at radius 2 is 2.18 bits per heavy atom. The Balaban J connectivity index is 2.49. The van der Waals surface area contributed by atoms with Gasteiger partial charge in [0.2, 0.25) is 5.91 Å². The van der Waals surface area contributed by atoms with E-state index in [1.165, 1.54) is 19.3 Å². The van der Waals surface area contributed by atoms with Crippen molar-refractivity contribution in [1.29, 1.82) is 0 Å². The van der Waals surface area contributed by atoms with Gasteiger partial charge in [-0.05, 0) is 40.3 Å². The fourth-order valence-corrected chi connectivity index (χ4v) is 2.31. The molecule has 0 aliphatic carbocycles. The van der Waals surface area contributed by atoms with Gasteiger partial charge < -0.3 is 10.2 Å². The van der Waals surface area contributed by atoms with Crippen molar-refractivity contribution in [3.63, 3.8) is 0 Å². The van der Waals surface area contributed by atoms with Crippen LogP contribution in [0.5, 0.6) is 0 Å². The zero-order chi connectivity index (χ0) is 12.8. The second kappa shape index (κ2) is 6.97. The second-order valence-corrected chi connectivity index (χ2v) is 5.28. The molecule has 0 aromatic carbocycles. The molecule has 0 saturated carbocycles. The lowest BCUT2D eigenvalue weighted by molar-refractivity contribution is -0.133. The Morgan fingerprint density at radius 3 is 2.76 bits per heavy atom. The van der Waals surface area contributed by atoms with E-state index in [0.29, 0.717) is 12.6 Å². The van der Waals surface area contributed by atoms with Crippen LogP contribution in [0.1, 0.15) is 33.1 Å². The lowest BCUT2D eigenvalue weighted by Gasteiger charge is -2.36. The Morgan fingerprint density at radius 1 is 1.47 bits per heavy atom. The number of nitrogens with zero attached hydrogens (tertiary/aromatic N) is 2. The van der Waals surface area contributed by atoms with Crippen molar-refractivity contribution in [3.8, 4) is 0 Å². The van der Waals surface area contributed by atoms with Crippen LogP contribution in [0.25, 0.3) is 0 Å². The molecule has 1 atom stereocenters. The first-order valence-corrected chi connectivity index (χ1v) is 6.70. The molecule has 1 unspecified atom stereocenters. The summed E-state index contributed by atoms with van der Waals surface area (Å²) in [6.07, 6.45) is 3.72. The van der Waals surface area contributed by atoms with E-state index in [-0.39, 0.29) is 11.9 Å². The maximum absolute atomic E-state index is 12.1. The van der Waals surface area contributed by atoms with Crippen molar-refractivity contribution in [2.24, 2.45) is 0 Å². The molecule has 1 amide bonds. The minimum atomic E-state index is 0.239. The largest absolute Gasteiger partial charge is 0.342 e. The van der Waals surface area contributed by atoms with Crippen molar-refractivity contribution in [1.82, 2.24) is 15.1 Å². The normalized spacial score (nSPS) is 21.8. The standard InChI is InChI=1S/C13H27N3O/c1-11(2)15(4)13(17)10-16-8-6-5-7-12(16)9-14-3/h11-12,14H,5-10H2,1-4H3. The summed E-state index contributed by atoms with van der Waals surface area (Å²) in [5.74, 6) is 0.239. The third-order valence-corrected chi connectivity index (χ3v) is 3.70. The van der Waals surface area contributed by atoms with Crippen LogP contribution in [0.3, 0.4) is 0 Å². The highest BCUT2D eigenvalue weighted by molar-refractivity contribution is 5.78. The molecule has 4 nitrogen and oxygen atoms in total. The van der Waals surface area contributed by atoms with Crippen molar-refractivity contribution in [3.05, 3.63) is 0 Å². The number of carbonyl (C=O) groups excluding carboxylic acids is 1. The molecule has 1 aliphatic rings. The van der Waals surface area contributed by atoms with Crippen LogP contribution in [0.4, 0.5) is 0 Å². The highest BCUT2D eigenvalue weighted by Gasteiger charge is 2.25. The number of amides is 1. The minimum Gasteiger partial charge on any atom is -0.342 e. The number of carbonyl (C=O) groups is 1. The molecule has 100 valence electrons. The van der Waals surface area contributed by atoms with Crippen LogP contribution in [0.2, 0.25) is 0 Å². The molecule has 1 heterocycles. The molecular formula is C13H27N3O. The zero-order valence-electron chi connectivity index (χ0n) is 11.7. The maximum Gasteiger partial charge on any atom is 0.236 e. The number of nitrogens with one attached hydrogen (secondary N) is 1. The average Bonchev–Trinajstić information content (AvgIpc) is 2.30. The number of likely N-dealkylation sites (N-methyl/N-ethyl adjacent to an activating group) is 2. The van der Waals surface area contributed by atoms with Gasteiger partial charge in [-0.25, -0.2) is 0 Å². The highest BCUT2D eigenvalue weighted by atomic mass is 16.2. The summed E-state index contributed by atoms with van der Waals surface area (Å²) >= 11 is 0. The highest BCUT2D eigenvalue weighted by Crippen LogP contribution is 2.16. The molecule has 1 aliphatic heterocycles. The first-order chi connectivity index (χ1) is 8.06. The van der Waals surface area contributed by atoms with Crippen molar-refractivity contribution < 1.29 is 4.79 Å². The molecule has 0 spiro atoms. The van der Waals surface area contributed by atoms with Gasteiger partial charge in [0.1, 0.15) is 0 Å². The Kier molecular flexibility index (Phi) is 5.92. The molecule has 1 rings (SSSR count). The van der Waals surface area contributed by atoms with E-state index in [1.54, 1.807) is 0 Å². The molecule has 0 bridgehead atoms. The molecule has 1 fully saturated rings. The molecule has 4 heteroatoms. The van der Waals surface area contributed by atoms with Crippen LogP contribution >= 0.6 is 0 Å². The number of hydrogen-bond acceptors (Lipinski definition) is 3. The third-order valence-electron chi connectivity index (χ3n) is 3.70. The molecule has 17 heavy (non-hydrogen) atoms. The summed E-state index contributed by atoms with van der Waals surface area (Å²) in [7, 11) is 3.87. The summed E-state index contributed by atoms with van der Waals surface area (Å²) in [6.45, 7) is 6.72. The molecule has 0 aromatic rings. The summed E-state index contributed by atoms with van der Waals surface area (Å²) < 4.78 is 0. The predicted octanol–water partition coefficient (Wildman–Crippen LogP) is 0.927. The summed E-state index contributed by atoms with van der Waals surface area (Å²) in [5, 5.41) is 3.23. The second-order valence-electron chi connectivity index (χ2n) is 5.28. The maximum atomic E-state index is 12.1. The molecule has 0 radical (unpaired) electrons. The summed E-state index contributed by atoms with van der Waals surface area (Å²) in [6, 6.07) is 0.813. The Hall–Kier alpha value is -0.610. The molecular weight excluding hydrogens is 214 g/mol. The third kappa shape index (κ3) is 4.28. The van der Waals surface area contributed by atoms with Gasteiger partial charge in [0.15, 0.2) is 0 Å². The van der Waals surface area contributed by atoms with Crippen LogP contribution in [-0.2, 0) is 4.79 Å².